The molecule has 0 spiro atoms. The summed E-state index contributed by atoms with van der Waals surface area (Å²) in [5.41, 5.74) is 0. The van der Waals surface area contributed by atoms with E-state index in [9.17, 15) is 9.36 Å². The van der Waals surface area contributed by atoms with Crippen LogP contribution in [-0.4, -0.2) is 83.3 Å². The number of rotatable bonds is 39. The molecule has 332 valence electrons. The molecule has 1 fully saturated rings. The highest BCUT2D eigenvalue weighted by Crippen LogP contribution is 2.52. The Bertz CT molecular complexity index is 1090. The van der Waals surface area contributed by atoms with Crippen LogP contribution in [0.4, 0.5) is 0 Å². The van der Waals surface area contributed by atoms with Crippen LogP contribution >= 0.6 is 7.82 Å². The van der Waals surface area contributed by atoms with Crippen molar-refractivity contribution >= 4 is 13.7 Å². The van der Waals surface area contributed by atoms with Crippen LogP contribution in [-0.2, 0) is 46.6 Å². The average Bonchev–Trinajstić information content (AvgIpc) is 3.21. The number of nitrogens with one attached hydrogen (secondary N) is 1. The second-order valence-electron chi connectivity index (χ2n) is 14.9. The lowest BCUT2D eigenvalue weighted by Crippen LogP contribution is -2.66. The molecular weight excluding hydrogens is 745 g/mol. The first kappa shape index (κ1) is 53.2. The SMILES string of the molecule is C=CCOP(=O)(OCC=C)O[C@@H]1C(COC)OC(O/C=C\C)[C@H](NC(=O)CCCCCCCCC/C=C\CCCCCC)C1OCCC(CCCCCCC)OC. The third-order valence-electron chi connectivity index (χ3n) is 9.98. The standard InChI is InChI=1S/C45H82NO10P/c1-8-13-15-17-18-19-20-21-22-23-24-25-26-28-30-32-41(47)46-42-44(51-37-33-39(50-7)31-29-27-16-14-9-2)43(40(38-49-6)55-45(42)52-34-10-3)56-57(48,53-35-11-4)54-36-12-5/h10-12,19-20,34,39-40,42-45H,4-5,8-9,13-18,21-33,35-38H2,1-3,6-7H3,(H,46,47)/b20-19-,34-10-/t39?,40?,42-,43-,44?,45?/m1/s1. The van der Waals surface area contributed by atoms with Gasteiger partial charge in [0.1, 0.15) is 24.4 Å². The van der Waals surface area contributed by atoms with Crippen LogP contribution in [0.15, 0.2) is 49.8 Å². The molecule has 0 aliphatic carbocycles. The number of methoxy groups -OCH3 is 2. The van der Waals surface area contributed by atoms with Gasteiger partial charge in [-0.3, -0.25) is 18.4 Å². The van der Waals surface area contributed by atoms with E-state index in [-0.39, 0.29) is 38.4 Å². The fourth-order valence-electron chi connectivity index (χ4n) is 6.79. The second-order valence-corrected chi connectivity index (χ2v) is 16.5. The van der Waals surface area contributed by atoms with E-state index in [1.165, 1.54) is 96.2 Å². The molecule has 1 N–H and O–H groups in total. The predicted octanol–water partition coefficient (Wildman–Crippen LogP) is 11.5. The number of carbonyl (C=O) groups is 1. The van der Waals surface area contributed by atoms with E-state index < -0.39 is 38.5 Å². The summed E-state index contributed by atoms with van der Waals surface area (Å²) in [7, 11) is -0.950. The van der Waals surface area contributed by atoms with Gasteiger partial charge in [-0.1, -0.05) is 128 Å². The highest BCUT2D eigenvalue weighted by molar-refractivity contribution is 7.48. The highest BCUT2D eigenvalue weighted by Gasteiger charge is 2.52. The zero-order valence-corrected chi connectivity index (χ0v) is 37.4. The van der Waals surface area contributed by atoms with E-state index in [2.05, 4.69) is 44.5 Å². The minimum absolute atomic E-state index is 0.0105. The van der Waals surface area contributed by atoms with Crippen molar-refractivity contribution in [1.82, 2.24) is 5.32 Å². The lowest BCUT2D eigenvalue weighted by atomic mass is 9.96. The van der Waals surface area contributed by atoms with E-state index in [1.54, 1.807) is 13.2 Å². The molecule has 4 unspecified atom stereocenters. The average molecular weight is 828 g/mol. The molecule has 0 radical (unpaired) electrons. The summed E-state index contributed by atoms with van der Waals surface area (Å²) < 4.78 is 61.8. The van der Waals surface area contributed by atoms with Crippen molar-refractivity contribution < 1.29 is 46.6 Å². The largest absolute Gasteiger partial charge is 0.475 e. The Hall–Kier alpha value is -1.82. The monoisotopic (exact) mass is 828 g/mol. The number of unbranched alkanes of at least 4 members (excludes halogenated alkanes) is 15. The minimum atomic E-state index is -4.20. The first-order valence-corrected chi connectivity index (χ1v) is 23.6. The third-order valence-corrected chi connectivity index (χ3v) is 11.4. The molecule has 1 heterocycles. The van der Waals surface area contributed by atoms with Crippen molar-refractivity contribution in [3.63, 3.8) is 0 Å². The highest BCUT2D eigenvalue weighted by atomic mass is 31.2. The van der Waals surface area contributed by atoms with Crippen molar-refractivity contribution in [2.45, 2.75) is 192 Å². The molecule has 0 aromatic carbocycles. The first-order valence-electron chi connectivity index (χ1n) is 22.1. The quantitative estimate of drug-likeness (QED) is 0.0277. The van der Waals surface area contributed by atoms with E-state index in [1.807, 2.05) is 6.92 Å². The van der Waals surface area contributed by atoms with Crippen LogP contribution in [0, 0.1) is 0 Å². The van der Waals surface area contributed by atoms with Crippen LogP contribution in [0.1, 0.15) is 156 Å². The number of ether oxygens (including phenoxy) is 5. The van der Waals surface area contributed by atoms with E-state index in [0.29, 0.717) is 12.8 Å². The van der Waals surface area contributed by atoms with Crippen LogP contribution in [0.5, 0.6) is 0 Å². The molecule has 1 rings (SSSR count). The van der Waals surface area contributed by atoms with Gasteiger partial charge in [0, 0.05) is 27.2 Å². The van der Waals surface area contributed by atoms with Gasteiger partial charge < -0.3 is 29.0 Å². The molecule has 0 aromatic heterocycles. The van der Waals surface area contributed by atoms with Gasteiger partial charge in [0.2, 0.25) is 12.2 Å². The number of hydrogen-bond donors (Lipinski definition) is 1. The molecular formula is C45H82NO10P. The van der Waals surface area contributed by atoms with Gasteiger partial charge in [-0.25, -0.2) is 4.57 Å². The van der Waals surface area contributed by atoms with E-state index in [4.69, 9.17) is 37.3 Å². The van der Waals surface area contributed by atoms with E-state index in [0.717, 1.165) is 51.4 Å². The molecule has 1 aliphatic rings. The summed E-state index contributed by atoms with van der Waals surface area (Å²) >= 11 is 0. The maximum absolute atomic E-state index is 14.0. The Balaban J connectivity index is 3.04. The van der Waals surface area contributed by atoms with Crippen molar-refractivity contribution in [3.05, 3.63) is 49.8 Å². The summed E-state index contributed by atoms with van der Waals surface area (Å²) in [6, 6.07) is -0.834. The Morgan fingerprint density at radius 2 is 1.37 bits per heavy atom. The molecule has 0 saturated carbocycles. The lowest BCUT2D eigenvalue weighted by Gasteiger charge is -2.46. The second kappa shape index (κ2) is 36.1. The fourth-order valence-corrected chi connectivity index (χ4v) is 8.12. The number of carbonyl (C=O) groups excluding carboxylic acids is 1. The Morgan fingerprint density at radius 3 is 1.95 bits per heavy atom. The number of phosphoric acid groups is 1. The Morgan fingerprint density at radius 1 is 0.789 bits per heavy atom. The lowest BCUT2D eigenvalue weighted by molar-refractivity contribution is -0.262. The van der Waals surface area contributed by atoms with Gasteiger partial charge in [0.15, 0.2) is 0 Å². The molecule has 6 atom stereocenters. The van der Waals surface area contributed by atoms with Crippen molar-refractivity contribution in [2.24, 2.45) is 0 Å². The molecule has 0 bridgehead atoms. The number of hydrogen-bond acceptors (Lipinski definition) is 10. The zero-order chi connectivity index (χ0) is 41.8. The first-order chi connectivity index (χ1) is 27.8. The maximum Gasteiger partial charge on any atom is 0.475 e. The van der Waals surface area contributed by atoms with Gasteiger partial charge in [-0.15, -0.1) is 13.2 Å². The van der Waals surface area contributed by atoms with E-state index >= 15 is 0 Å². The molecule has 1 aliphatic heterocycles. The van der Waals surface area contributed by atoms with Crippen LogP contribution in [0.25, 0.3) is 0 Å². The van der Waals surface area contributed by atoms with Gasteiger partial charge >= 0.3 is 7.82 Å². The summed E-state index contributed by atoms with van der Waals surface area (Å²) in [5.74, 6) is -0.160. The smallest absolute Gasteiger partial charge is 0.471 e. The predicted molar refractivity (Wildman–Crippen MR) is 231 cm³/mol. The van der Waals surface area contributed by atoms with Crippen molar-refractivity contribution in [1.29, 1.82) is 0 Å². The normalized spacial score (nSPS) is 20.6. The van der Waals surface area contributed by atoms with Gasteiger partial charge in [-0.2, -0.15) is 0 Å². The van der Waals surface area contributed by atoms with Gasteiger partial charge in [-0.05, 0) is 51.9 Å². The fraction of sp³-hybridized carbons (Fsp3) is 0.800. The van der Waals surface area contributed by atoms with Crippen molar-refractivity contribution in [2.75, 3.05) is 40.6 Å². The molecule has 11 nitrogen and oxygen atoms in total. The summed E-state index contributed by atoms with van der Waals surface area (Å²) in [4.78, 5) is 13.6. The third kappa shape index (κ3) is 25.4. The summed E-state index contributed by atoms with van der Waals surface area (Å²) in [6.45, 7) is 13.8. The van der Waals surface area contributed by atoms with Crippen LogP contribution < -0.4 is 5.32 Å². The zero-order valence-electron chi connectivity index (χ0n) is 36.5. The molecule has 1 amide bonds. The Kier molecular flexibility index (Phi) is 33.7. The molecule has 12 heteroatoms. The number of amides is 1. The molecule has 0 aromatic rings. The van der Waals surface area contributed by atoms with Crippen LogP contribution in [0.3, 0.4) is 0 Å². The topological polar surface area (TPSA) is 120 Å². The molecule has 1 saturated heterocycles. The minimum Gasteiger partial charge on any atom is -0.471 e. The van der Waals surface area contributed by atoms with Crippen LogP contribution in [0.2, 0.25) is 0 Å². The summed E-state index contributed by atoms with van der Waals surface area (Å²) in [6.07, 6.45) is 30.1. The number of phosphoric ester groups is 1. The van der Waals surface area contributed by atoms with Gasteiger partial charge in [0.25, 0.3) is 0 Å². The number of allylic oxidation sites excluding steroid dienone is 3. The van der Waals surface area contributed by atoms with Crippen molar-refractivity contribution in [3.8, 4) is 0 Å². The Labute approximate surface area is 347 Å². The summed E-state index contributed by atoms with van der Waals surface area (Å²) in [5, 5.41) is 3.14. The maximum atomic E-state index is 14.0. The van der Waals surface area contributed by atoms with Gasteiger partial charge in [0.05, 0.1) is 32.2 Å². The molecule has 57 heavy (non-hydrogen) atoms.